The van der Waals surface area contributed by atoms with Gasteiger partial charge in [0.1, 0.15) is 5.82 Å². The molecule has 2 heterocycles. The fourth-order valence-electron chi connectivity index (χ4n) is 2.37. The SMILES string of the molecule is O=C(O)CSc1nc2cc(I)c(F)cc2n1C1CCSC1. The lowest BCUT2D eigenvalue weighted by Gasteiger charge is -2.15. The number of benzene rings is 1. The van der Waals surface area contributed by atoms with Gasteiger partial charge in [-0.1, -0.05) is 11.8 Å². The molecule has 1 unspecified atom stereocenters. The number of hydrogen-bond acceptors (Lipinski definition) is 4. The molecule has 112 valence electrons. The lowest BCUT2D eigenvalue weighted by atomic mass is 10.2. The first-order chi connectivity index (χ1) is 10.1. The first kappa shape index (κ1) is 15.4. The summed E-state index contributed by atoms with van der Waals surface area (Å²) in [7, 11) is 0. The first-order valence-electron chi connectivity index (χ1n) is 6.35. The number of carboxylic acids is 1. The van der Waals surface area contributed by atoms with Gasteiger partial charge in [0, 0.05) is 17.9 Å². The summed E-state index contributed by atoms with van der Waals surface area (Å²) in [5.41, 5.74) is 1.49. The van der Waals surface area contributed by atoms with Gasteiger partial charge in [-0.2, -0.15) is 11.8 Å². The number of aliphatic carboxylic acids is 1. The zero-order valence-corrected chi connectivity index (χ0v) is 14.7. The van der Waals surface area contributed by atoms with E-state index in [2.05, 4.69) is 4.98 Å². The quantitative estimate of drug-likeness (QED) is 0.584. The van der Waals surface area contributed by atoms with E-state index in [9.17, 15) is 9.18 Å². The molecule has 4 nitrogen and oxygen atoms in total. The monoisotopic (exact) mass is 438 g/mol. The van der Waals surface area contributed by atoms with Crippen molar-refractivity contribution in [1.82, 2.24) is 9.55 Å². The molecule has 21 heavy (non-hydrogen) atoms. The predicted molar refractivity (Wildman–Crippen MR) is 91.7 cm³/mol. The zero-order chi connectivity index (χ0) is 15.0. The highest BCUT2D eigenvalue weighted by Gasteiger charge is 2.24. The van der Waals surface area contributed by atoms with Gasteiger partial charge < -0.3 is 9.67 Å². The van der Waals surface area contributed by atoms with Gasteiger partial charge in [-0.3, -0.25) is 4.79 Å². The lowest BCUT2D eigenvalue weighted by Crippen LogP contribution is -2.10. The van der Waals surface area contributed by atoms with E-state index in [1.807, 2.05) is 38.9 Å². The van der Waals surface area contributed by atoms with Crippen molar-refractivity contribution < 1.29 is 14.3 Å². The normalized spacial score (nSPS) is 18.5. The Hall–Kier alpha value is -0.480. The second kappa shape index (κ2) is 6.33. The highest BCUT2D eigenvalue weighted by atomic mass is 127. The summed E-state index contributed by atoms with van der Waals surface area (Å²) < 4.78 is 16.4. The summed E-state index contributed by atoms with van der Waals surface area (Å²) in [6, 6.07) is 3.49. The summed E-state index contributed by atoms with van der Waals surface area (Å²) in [6.45, 7) is 0. The molecule has 1 aromatic heterocycles. The Balaban J connectivity index is 2.10. The summed E-state index contributed by atoms with van der Waals surface area (Å²) in [6.07, 6.45) is 1.00. The Morgan fingerprint density at radius 3 is 3.10 bits per heavy atom. The number of hydrogen-bond donors (Lipinski definition) is 1. The van der Waals surface area contributed by atoms with Gasteiger partial charge in [-0.15, -0.1) is 0 Å². The topological polar surface area (TPSA) is 55.1 Å². The Morgan fingerprint density at radius 2 is 2.43 bits per heavy atom. The number of halogens is 2. The average molecular weight is 438 g/mol. The molecule has 1 N–H and O–H groups in total. The van der Waals surface area contributed by atoms with Gasteiger partial charge in [0.05, 0.1) is 20.4 Å². The van der Waals surface area contributed by atoms with Crippen LogP contribution in [-0.4, -0.2) is 37.9 Å². The van der Waals surface area contributed by atoms with Gasteiger partial charge in [-0.05, 0) is 40.8 Å². The third-order valence-electron chi connectivity index (χ3n) is 3.29. The molecule has 0 saturated carbocycles. The third kappa shape index (κ3) is 3.16. The van der Waals surface area contributed by atoms with Gasteiger partial charge in [0.2, 0.25) is 0 Å². The van der Waals surface area contributed by atoms with Crippen LogP contribution in [-0.2, 0) is 4.79 Å². The van der Waals surface area contributed by atoms with Crippen LogP contribution >= 0.6 is 46.1 Å². The molecular weight excluding hydrogens is 426 g/mol. The molecule has 0 aliphatic carbocycles. The molecule has 1 fully saturated rings. The Bertz CT molecular complexity index is 701. The van der Waals surface area contributed by atoms with Crippen LogP contribution < -0.4 is 0 Å². The molecule has 0 radical (unpaired) electrons. The second-order valence-corrected chi connectivity index (χ2v) is 7.97. The number of carbonyl (C=O) groups is 1. The zero-order valence-electron chi connectivity index (χ0n) is 10.9. The molecule has 1 atom stereocenters. The number of imidazole rings is 1. The molecule has 0 spiro atoms. The van der Waals surface area contributed by atoms with Crippen LogP contribution in [0.2, 0.25) is 0 Å². The van der Waals surface area contributed by atoms with Crippen molar-refractivity contribution in [3.63, 3.8) is 0 Å². The van der Waals surface area contributed by atoms with Crippen molar-refractivity contribution in [1.29, 1.82) is 0 Å². The van der Waals surface area contributed by atoms with Crippen LogP contribution in [0.15, 0.2) is 17.3 Å². The molecule has 2 aromatic rings. The first-order valence-corrected chi connectivity index (χ1v) is 9.57. The largest absolute Gasteiger partial charge is 0.481 e. The van der Waals surface area contributed by atoms with Crippen LogP contribution in [0, 0.1) is 9.39 Å². The second-order valence-electron chi connectivity index (χ2n) is 4.72. The van der Waals surface area contributed by atoms with E-state index in [1.165, 1.54) is 17.8 Å². The van der Waals surface area contributed by atoms with Gasteiger partial charge in [-0.25, -0.2) is 9.37 Å². The van der Waals surface area contributed by atoms with E-state index in [1.54, 1.807) is 6.07 Å². The highest BCUT2D eigenvalue weighted by Crippen LogP contribution is 2.36. The number of rotatable bonds is 4. The lowest BCUT2D eigenvalue weighted by molar-refractivity contribution is -0.133. The maximum Gasteiger partial charge on any atom is 0.313 e. The van der Waals surface area contributed by atoms with Crippen molar-refractivity contribution in [2.45, 2.75) is 17.6 Å². The maximum atomic E-state index is 13.9. The number of aromatic nitrogens is 2. The summed E-state index contributed by atoms with van der Waals surface area (Å²) in [4.78, 5) is 15.3. The van der Waals surface area contributed by atoms with E-state index in [-0.39, 0.29) is 17.6 Å². The van der Waals surface area contributed by atoms with Crippen molar-refractivity contribution in [2.24, 2.45) is 0 Å². The Kier molecular flexibility index (Phi) is 4.65. The highest BCUT2D eigenvalue weighted by molar-refractivity contribution is 14.1. The van der Waals surface area contributed by atoms with Crippen molar-refractivity contribution in [3.8, 4) is 0 Å². The van der Waals surface area contributed by atoms with Crippen LogP contribution in [0.3, 0.4) is 0 Å². The van der Waals surface area contributed by atoms with E-state index >= 15 is 0 Å². The number of fused-ring (bicyclic) bond motifs is 1. The molecule has 0 bridgehead atoms. The number of thioether (sulfide) groups is 2. The van der Waals surface area contributed by atoms with E-state index in [0.717, 1.165) is 29.0 Å². The summed E-state index contributed by atoms with van der Waals surface area (Å²) in [5, 5.41) is 9.54. The molecule has 1 aromatic carbocycles. The van der Waals surface area contributed by atoms with E-state index < -0.39 is 5.97 Å². The Morgan fingerprint density at radius 1 is 1.62 bits per heavy atom. The fourth-order valence-corrected chi connectivity index (χ4v) is 4.82. The Labute approximate surface area is 143 Å². The molecular formula is C13H12FIN2O2S2. The minimum Gasteiger partial charge on any atom is -0.481 e. The van der Waals surface area contributed by atoms with Gasteiger partial charge >= 0.3 is 5.97 Å². The van der Waals surface area contributed by atoms with Crippen molar-refractivity contribution in [2.75, 3.05) is 17.3 Å². The molecule has 8 heteroatoms. The third-order valence-corrected chi connectivity index (χ3v) is 6.20. The average Bonchev–Trinajstić information content (AvgIpc) is 3.04. The standard InChI is InChI=1S/C13H12FIN2O2S2/c14-8-3-11-10(4-9(8)15)16-13(21-6-12(18)19)17(11)7-1-2-20-5-7/h3-4,7H,1-2,5-6H2,(H,18,19). The summed E-state index contributed by atoms with van der Waals surface area (Å²) in [5.74, 6) is 0.854. The smallest absolute Gasteiger partial charge is 0.313 e. The molecule has 1 aliphatic heterocycles. The van der Waals surface area contributed by atoms with Crippen molar-refractivity contribution >= 4 is 63.1 Å². The fraction of sp³-hybridized carbons (Fsp3) is 0.385. The minimum absolute atomic E-state index is 0.0389. The number of nitrogens with zero attached hydrogens (tertiary/aromatic N) is 2. The van der Waals surface area contributed by atoms with Crippen LogP contribution in [0.25, 0.3) is 11.0 Å². The van der Waals surface area contributed by atoms with Gasteiger partial charge in [0.15, 0.2) is 5.16 Å². The molecule has 1 saturated heterocycles. The van der Waals surface area contributed by atoms with Crippen molar-refractivity contribution in [3.05, 3.63) is 21.5 Å². The molecule has 0 amide bonds. The van der Waals surface area contributed by atoms with Gasteiger partial charge in [0.25, 0.3) is 0 Å². The maximum absolute atomic E-state index is 13.9. The van der Waals surface area contributed by atoms with Crippen LogP contribution in [0.4, 0.5) is 4.39 Å². The van der Waals surface area contributed by atoms with E-state index in [4.69, 9.17) is 5.11 Å². The molecule has 3 rings (SSSR count). The van der Waals surface area contributed by atoms with Crippen LogP contribution in [0.5, 0.6) is 0 Å². The predicted octanol–water partition coefficient (Wildman–Crippen LogP) is 3.63. The minimum atomic E-state index is -0.875. The van der Waals surface area contributed by atoms with Crippen LogP contribution in [0.1, 0.15) is 12.5 Å². The molecule has 1 aliphatic rings. The number of carboxylic acid groups (broad SMARTS) is 1. The van der Waals surface area contributed by atoms with E-state index in [0.29, 0.717) is 8.73 Å². The summed E-state index contributed by atoms with van der Waals surface area (Å²) >= 11 is 5.00.